The molecular formula is C10H16ClN3OS. The molecule has 0 aliphatic carbocycles. The van der Waals surface area contributed by atoms with E-state index in [1.165, 1.54) is 11.3 Å². The van der Waals surface area contributed by atoms with E-state index >= 15 is 0 Å². The van der Waals surface area contributed by atoms with Crippen LogP contribution < -0.4 is 5.43 Å². The van der Waals surface area contributed by atoms with Gasteiger partial charge in [-0.15, -0.1) is 23.7 Å². The van der Waals surface area contributed by atoms with Crippen molar-refractivity contribution in [2.24, 2.45) is 0 Å². The summed E-state index contributed by atoms with van der Waals surface area (Å²) in [7, 11) is 2.10. The van der Waals surface area contributed by atoms with E-state index in [9.17, 15) is 4.79 Å². The summed E-state index contributed by atoms with van der Waals surface area (Å²) in [6, 6.07) is 3.74. The quantitative estimate of drug-likeness (QED) is 0.865. The van der Waals surface area contributed by atoms with Gasteiger partial charge in [-0.2, -0.15) is 0 Å². The molecular weight excluding hydrogens is 246 g/mol. The zero-order chi connectivity index (χ0) is 10.7. The molecule has 6 heteroatoms. The van der Waals surface area contributed by atoms with Crippen LogP contribution in [-0.2, 0) is 0 Å². The molecule has 0 saturated carbocycles. The lowest BCUT2D eigenvalue weighted by atomic mass is 10.4. The van der Waals surface area contributed by atoms with Gasteiger partial charge in [-0.3, -0.25) is 10.2 Å². The summed E-state index contributed by atoms with van der Waals surface area (Å²) in [5.41, 5.74) is 2.92. The predicted molar refractivity (Wildman–Crippen MR) is 68.1 cm³/mol. The molecule has 4 nitrogen and oxygen atoms in total. The highest BCUT2D eigenvalue weighted by Crippen LogP contribution is 2.08. The number of hydrazine groups is 1. The number of nitrogens with zero attached hydrogens (tertiary/aromatic N) is 2. The van der Waals surface area contributed by atoms with E-state index in [1.807, 2.05) is 22.5 Å². The van der Waals surface area contributed by atoms with Crippen LogP contribution in [0.1, 0.15) is 9.67 Å². The van der Waals surface area contributed by atoms with E-state index in [0.717, 1.165) is 31.1 Å². The van der Waals surface area contributed by atoms with E-state index in [0.29, 0.717) is 0 Å². The largest absolute Gasteiger partial charge is 0.304 e. The third-order valence-corrected chi connectivity index (χ3v) is 3.38. The van der Waals surface area contributed by atoms with Gasteiger partial charge in [-0.1, -0.05) is 6.07 Å². The smallest absolute Gasteiger partial charge is 0.275 e. The van der Waals surface area contributed by atoms with Crippen molar-refractivity contribution >= 4 is 29.7 Å². The third kappa shape index (κ3) is 3.45. The number of carbonyl (C=O) groups is 1. The molecule has 0 bridgehead atoms. The van der Waals surface area contributed by atoms with Crippen molar-refractivity contribution in [3.05, 3.63) is 22.4 Å². The minimum absolute atomic E-state index is 0. The Morgan fingerprint density at radius 2 is 2.06 bits per heavy atom. The molecule has 2 rings (SSSR count). The zero-order valence-electron chi connectivity index (χ0n) is 9.18. The molecule has 1 aromatic heterocycles. The molecule has 0 aromatic carbocycles. The molecule has 1 fully saturated rings. The Kier molecular flexibility index (Phi) is 5.21. The van der Waals surface area contributed by atoms with E-state index in [2.05, 4.69) is 17.4 Å². The first-order chi connectivity index (χ1) is 7.25. The second-order valence-electron chi connectivity index (χ2n) is 3.71. The summed E-state index contributed by atoms with van der Waals surface area (Å²) in [5.74, 6) is 0.00885. The number of carbonyl (C=O) groups excluding carboxylic acids is 1. The lowest BCUT2D eigenvalue weighted by molar-refractivity contribution is 0.0666. The molecule has 0 unspecified atom stereocenters. The monoisotopic (exact) mass is 261 g/mol. The van der Waals surface area contributed by atoms with Crippen LogP contribution in [0, 0.1) is 0 Å². The number of rotatable bonds is 2. The van der Waals surface area contributed by atoms with Crippen molar-refractivity contribution in [2.45, 2.75) is 0 Å². The first kappa shape index (κ1) is 13.4. The molecule has 2 heterocycles. The summed E-state index contributed by atoms with van der Waals surface area (Å²) in [6.07, 6.45) is 0. The fraction of sp³-hybridized carbons (Fsp3) is 0.500. The van der Waals surface area contributed by atoms with Crippen LogP contribution in [0.3, 0.4) is 0 Å². The third-order valence-electron chi connectivity index (χ3n) is 2.51. The fourth-order valence-corrected chi connectivity index (χ4v) is 2.14. The Morgan fingerprint density at radius 3 is 2.62 bits per heavy atom. The highest BCUT2D eigenvalue weighted by Gasteiger charge is 2.16. The zero-order valence-corrected chi connectivity index (χ0v) is 10.8. The maximum absolute atomic E-state index is 11.7. The fourth-order valence-electron chi connectivity index (χ4n) is 1.52. The number of halogens is 1. The lowest BCUT2D eigenvalue weighted by Crippen LogP contribution is -2.52. The van der Waals surface area contributed by atoms with Crippen molar-refractivity contribution in [3.8, 4) is 0 Å². The normalized spacial score (nSPS) is 17.8. The highest BCUT2D eigenvalue weighted by atomic mass is 35.5. The summed E-state index contributed by atoms with van der Waals surface area (Å²) < 4.78 is 0. The van der Waals surface area contributed by atoms with Gasteiger partial charge in [0.2, 0.25) is 0 Å². The molecule has 90 valence electrons. The van der Waals surface area contributed by atoms with Crippen LogP contribution in [0.2, 0.25) is 0 Å². The van der Waals surface area contributed by atoms with Crippen molar-refractivity contribution in [1.29, 1.82) is 0 Å². The topological polar surface area (TPSA) is 35.6 Å². The van der Waals surface area contributed by atoms with Crippen LogP contribution in [0.4, 0.5) is 0 Å². The Hall–Kier alpha value is -0.620. The van der Waals surface area contributed by atoms with Gasteiger partial charge < -0.3 is 4.90 Å². The summed E-state index contributed by atoms with van der Waals surface area (Å²) in [4.78, 5) is 14.7. The van der Waals surface area contributed by atoms with Crippen molar-refractivity contribution in [2.75, 3.05) is 33.2 Å². The molecule has 16 heavy (non-hydrogen) atoms. The van der Waals surface area contributed by atoms with Crippen LogP contribution >= 0.6 is 23.7 Å². The Balaban J connectivity index is 0.00000128. The second kappa shape index (κ2) is 6.20. The molecule has 1 aliphatic rings. The van der Waals surface area contributed by atoms with E-state index < -0.39 is 0 Å². The number of hydrogen-bond donors (Lipinski definition) is 1. The standard InChI is InChI=1S/C10H15N3OS.ClH/c1-12-4-6-13(7-5-12)11-10(14)9-3-2-8-15-9;/h2-3,8H,4-7H2,1H3,(H,11,14);1H. The Bertz CT molecular complexity index is 323. The van der Waals surface area contributed by atoms with E-state index in [-0.39, 0.29) is 18.3 Å². The maximum atomic E-state index is 11.7. The SMILES string of the molecule is CN1CCN(NC(=O)c2cccs2)CC1.Cl. The molecule has 0 radical (unpaired) electrons. The van der Waals surface area contributed by atoms with E-state index in [4.69, 9.17) is 0 Å². The average Bonchev–Trinajstić information content (AvgIpc) is 2.74. The minimum Gasteiger partial charge on any atom is -0.304 e. The summed E-state index contributed by atoms with van der Waals surface area (Å²) in [6.45, 7) is 3.80. The van der Waals surface area contributed by atoms with Gasteiger partial charge in [-0.25, -0.2) is 5.01 Å². The molecule has 0 atom stereocenters. The molecule has 1 N–H and O–H groups in total. The minimum atomic E-state index is 0. The maximum Gasteiger partial charge on any atom is 0.275 e. The number of amides is 1. The van der Waals surface area contributed by atoms with Crippen molar-refractivity contribution in [1.82, 2.24) is 15.3 Å². The van der Waals surface area contributed by atoms with Crippen LogP contribution in [0.25, 0.3) is 0 Å². The van der Waals surface area contributed by atoms with Crippen molar-refractivity contribution in [3.63, 3.8) is 0 Å². The van der Waals surface area contributed by atoms with Gasteiger partial charge in [0, 0.05) is 26.2 Å². The van der Waals surface area contributed by atoms with Crippen LogP contribution in [0.15, 0.2) is 17.5 Å². The summed E-state index contributed by atoms with van der Waals surface area (Å²) in [5, 5.41) is 3.90. The number of nitrogens with one attached hydrogen (secondary N) is 1. The summed E-state index contributed by atoms with van der Waals surface area (Å²) >= 11 is 1.47. The average molecular weight is 262 g/mol. The van der Waals surface area contributed by atoms with Gasteiger partial charge in [0.05, 0.1) is 4.88 Å². The number of piperazine rings is 1. The van der Waals surface area contributed by atoms with Gasteiger partial charge in [0.15, 0.2) is 0 Å². The van der Waals surface area contributed by atoms with Gasteiger partial charge >= 0.3 is 0 Å². The molecule has 1 aromatic rings. The van der Waals surface area contributed by atoms with Gasteiger partial charge in [0.25, 0.3) is 5.91 Å². The lowest BCUT2D eigenvalue weighted by Gasteiger charge is -2.32. The number of likely N-dealkylation sites (N-methyl/N-ethyl adjacent to an activating group) is 1. The van der Waals surface area contributed by atoms with Crippen LogP contribution in [0.5, 0.6) is 0 Å². The Labute approximate surface area is 106 Å². The number of hydrogen-bond acceptors (Lipinski definition) is 4. The first-order valence-electron chi connectivity index (χ1n) is 5.04. The predicted octanol–water partition coefficient (Wildman–Crippen LogP) is 1.06. The van der Waals surface area contributed by atoms with Crippen LogP contribution in [-0.4, -0.2) is 49.0 Å². The van der Waals surface area contributed by atoms with Gasteiger partial charge in [0.1, 0.15) is 0 Å². The molecule has 1 saturated heterocycles. The van der Waals surface area contributed by atoms with Gasteiger partial charge in [-0.05, 0) is 18.5 Å². The molecule has 1 amide bonds. The van der Waals surface area contributed by atoms with E-state index in [1.54, 1.807) is 0 Å². The van der Waals surface area contributed by atoms with Crippen molar-refractivity contribution < 1.29 is 4.79 Å². The number of thiophene rings is 1. The first-order valence-corrected chi connectivity index (χ1v) is 5.91. The molecule has 1 aliphatic heterocycles. The Morgan fingerprint density at radius 1 is 1.38 bits per heavy atom. The molecule has 0 spiro atoms. The second-order valence-corrected chi connectivity index (χ2v) is 4.66. The highest BCUT2D eigenvalue weighted by molar-refractivity contribution is 7.12.